The van der Waals surface area contributed by atoms with Crippen molar-refractivity contribution in [2.24, 2.45) is 0 Å². The minimum absolute atomic E-state index is 0.0176. The molecule has 5 nitrogen and oxygen atoms in total. The predicted molar refractivity (Wildman–Crippen MR) is 61.8 cm³/mol. The number of esters is 1. The molecule has 0 N–H and O–H groups in total. The molecule has 0 heterocycles. The van der Waals surface area contributed by atoms with E-state index in [-0.39, 0.29) is 24.0 Å². The Morgan fingerprint density at radius 2 is 2.19 bits per heavy atom. The molecule has 0 aromatic heterocycles. The van der Waals surface area contributed by atoms with Gasteiger partial charge in [0.05, 0.1) is 24.7 Å². The molecule has 0 aromatic carbocycles. The molecular weight excluding hydrogens is 228 g/mol. The van der Waals surface area contributed by atoms with E-state index in [4.69, 9.17) is 5.26 Å². The first kappa shape index (κ1) is 14.8. The van der Waals surface area contributed by atoms with Crippen LogP contribution in [0.5, 0.6) is 0 Å². The Hall–Kier alpha value is -1.22. The quantitative estimate of drug-likeness (QED) is 0.486. The van der Waals surface area contributed by atoms with Crippen molar-refractivity contribution in [1.82, 2.24) is 4.90 Å². The highest BCUT2D eigenvalue weighted by molar-refractivity contribution is 8.00. The van der Waals surface area contributed by atoms with Gasteiger partial charge in [0.1, 0.15) is 6.54 Å². The van der Waals surface area contributed by atoms with E-state index >= 15 is 0 Å². The van der Waals surface area contributed by atoms with E-state index in [0.717, 1.165) is 6.42 Å². The molecule has 0 aliphatic carbocycles. The molecule has 0 aliphatic heterocycles. The Labute approximate surface area is 99.7 Å². The molecule has 0 rings (SSSR count). The van der Waals surface area contributed by atoms with Crippen LogP contribution in [0.25, 0.3) is 0 Å². The minimum atomic E-state index is -0.424. The first-order valence-corrected chi connectivity index (χ1v) is 6.10. The van der Waals surface area contributed by atoms with Gasteiger partial charge in [-0.25, -0.2) is 0 Å². The topological polar surface area (TPSA) is 70.4 Å². The number of hydrogen-bond acceptors (Lipinski definition) is 5. The molecule has 0 bridgehead atoms. The maximum absolute atomic E-state index is 11.6. The summed E-state index contributed by atoms with van der Waals surface area (Å²) >= 11 is 1.25. The molecule has 0 fully saturated rings. The second-order valence-corrected chi connectivity index (χ2v) is 4.03. The number of amides is 1. The third-order valence-electron chi connectivity index (χ3n) is 1.79. The van der Waals surface area contributed by atoms with Crippen LogP contribution in [0.15, 0.2) is 0 Å². The Balaban J connectivity index is 4.13. The number of rotatable bonds is 7. The number of carbonyl (C=O) groups is 2. The van der Waals surface area contributed by atoms with Crippen LogP contribution < -0.4 is 0 Å². The Bertz CT molecular complexity index is 276. The van der Waals surface area contributed by atoms with Crippen LogP contribution >= 0.6 is 11.8 Å². The summed E-state index contributed by atoms with van der Waals surface area (Å²) in [6.45, 7) is 2.44. The maximum Gasteiger partial charge on any atom is 0.325 e. The molecule has 0 atom stereocenters. The van der Waals surface area contributed by atoms with Crippen LogP contribution in [0.2, 0.25) is 0 Å². The van der Waals surface area contributed by atoms with Gasteiger partial charge in [0, 0.05) is 6.54 Å². The highest BCUT2D eigenvalue weighted by Crippen LogP contribution is 2.03. The van der Waals surface area contributed by atoms with Gasteiger partial charge in [-0.1, -0.05) is 6.92 Å². The fraction of sp³-hybridized carbons (Fsp3) is 0.700. The third-order valence-corrected chi connectivity index (χ3v) is 2.57. The van der Waals surface area contributed by atoms with Crippen molar-refractivity contribution in [3.8, 4) is 6.07 Å². The molecule has 0 radical (unpaired) electrons. The van der Waals surface area contributed by atoms with E-state index in [9.17, 15) is 9.59 Å². The van der Waals surface area contributed by atoms with Crippen LogP contribution in [0, 0.1) is 11.3 Å². The molecule has 6 heteroatoms. The summed E-state index contributed by atoms with van der Waals surface area (Å²) in [5.74, 6) is -0.0475. The van der Waals surface area contributed by atoms with E-state index < -0.39 is 5.97 Å². The fourth-order valence-corrected chi connectivity index (χ4v) is 1.61. The molecule has 1 amide bonds. The summed E-state index contributed by atoms with van der Waals surface area (Å²) < 4.78 is 4.51. The summed E-state index contributed by atoms with van der Waals surface area (Å²) in [6, 6.07) is 1.95. The molecule has 0 saturated heterocycles. The van der Waals surface area contributed by atoms with Gasteiger partial charge in [0.15, 0.2) is 0 Å². The van der Waals surface area contributed by atoms with Crippen LogP contribution in [-0.2, 0) is 14.3 Å². The second kappa shape index (κ2) is 9.04. The van der Waals surface area contributed by atoms with Crippen molar-refractivity contribution in [3.63, 3.8) is 0 Å². The Morgan fingerprint density at radius 1 is 1.50 bits per heavy atom. The first-order valence-electron chi connectivity index (χ1n) is 4.95. The van der Waals surface area contributed by atoms with Gasteiger partial charge < -0.3 is 9.64 Å². The summed E-state index contributed by atoms with van der Waals surface area (Å²) in [4.78, 5) is 24.2. The summed E-state index contributed by atoms with van der Waals surface area (Å²) in [5.41, 5.74) is 0. The lowest BCUT2D eigenvalue weighted by Gasteiger charge is -2.20. The van der Waals surface area contributed by atoms with Gasteiger partial charge in [0.2, 0.25) is 5.91 Å². The average Bonchev–Trinajstić information content (AvgIpc) is 2.28. The lowest BCUT2D eigenvalue weighted by Crippen LogP contribution is -2.37. The molecule has 16 heavy (non-hydrogen) atoms. The van der Waals surface area contributed by atoms with E-state index in [1.54, 1.807) is 0 Å². The summed E-state index contributed by atoms with van der Waals surface area (Å²) in [5, 5.41) is 8.33. The number of nitriles is 1. The van der Waals surface area contributed by atoms with Crippen molar-refractivity contribution >= 4 is 23.6 Å². The zero-order valence-corrected chi connectivity index (χ0v) is 10.4. The highest BCUT2D eigenvalue weighted by Gasteiger charge is 2.16. The number of hydrogen-bond donors (Lipinski definition) is 0. The van der Waals surface area contributed by atoms with Crippen molar-refractivity contribution in [2.45, 2.75) is 13.3 Å². The summed E-state index contributed by atoms with van der Waals surface area (Å²) in [7, 11) is 1.29. The molecule has 0 spiro atoms. The van der Waals surface area contributed by atoms with E-state index in [1.807, 2.05) is 13.0 Å². The van der Waals surface area contributed by atoms with Crippen molar-refractivity contribution in [3.05, 3.63) is 0 Å². The SMILES string of the molecule is CCCN(CC(=O)OC)C(=O)CSCC#N. The van der Waals surface area contributed by atoms with Gasteiger partial charge in [0.25, 0.3) is 0 Å². The van der Waals surface area contributed by atoms with Gasteiger partial charge >= 0.3 is 5.97 Å². The smallest absolute Gasteiger partial charge is 0.325 e. The minimum Gasteiger partial charge on any atom is -0.468 e. The Morgan fingerprint density at radius 3 is 2.69 bits per heavy atom. The molecular formula is C10H16N2O3S. The Kier molecular flexibility index (Phi) is 8.35. The van der Waals surface area contributed by atoms with E-state index in [2.05, 4.69) is 4.74 Å². The van der Waals surface area contributed by atoms with Gasteiger partial charge in [-0.3, -0.25) is 9.59 Å². The summed E-state index contributed by atoms with van der Waals surface area (Å²) in [6.07, 6.45) is 0.783. The average molecular weight is 244 g/mol. The van der Waals surface area contributed by atoms with Crippen molar-refractivity contribution < 1.29 is 14.3 Å². The standard InChI is InChI=1S/C10H16N2O3S/c1-3-5-12(7-10(14)15-2)9(13)8-16-6-4-11/h3,5-8H2,1-2H3. The maximum atomic E-state index is 11.6. The monoisotopic (exact) mass is 244 g/mol. The van der Waals surface area contributed by atoms with Crippen LogP contribution in [0.1, 0.15) is 13.3 Å². The van der Waals surface area contributed by atoms with Crippen LogP contribution in [0.4, 0.5) is 0 Å². The zero-order chi connectivity index (χ0) is 12.4. The molecule has 0 unspecified atom stereocenters. The lowest BCUT2D eigenvalue weighted by atomic mass is 10.4. The number of thioether (sulfide) groups is 1. The largest absolute Gasteiger partial charge is 0.468 e. The van der Waals surface area contributed by atoms with Crippen molar-refractivity contribution in [1.29, 1.82) is 5.26 Å². The first-order chi connectivity index (χ1) is 7.65. The van der Waals surface area contributed by atoms with Crippen molar-refractivity contribution in [2.75, 3.05) is 31.7 Å². The molecule has 0 saturated carbocycles. The predicted octanol–water partition coefficient (Wildman–Crippen LogP) is 0.655. The third kappa shape index (κ3) is 6.30. The van der Waals surface area contributed by atoms with E-state index in [0.29, 0.717) is 6.54 Å². The molecule has 0 aliphatic rings. The molecule has 0 aromatic rings. The van der Waals surface area contributed by atoms with Crippen LogP contribution in [-0.4, -0.2) is 48.5 Å². The highest BCUT2D eigenvalue weighted by atomic mass is 32.2. The zero-order valence-electron chi connectivity index (χ0n) is 9.56. The lowest BCUT2D eigenvalue weighted by molar-refractivity contribution is -0.146. The van der Waals surface area contributed by atoms with Gasteiger partial charge in [-0.15, -0.1) is 11.8 Å². The van der Waals surface area contributed by atoms with Gasteiger partial charge in [-0.2, -0.15) is 5.26 Å². The number of methoxy groups -OCH3 is 1. The number of ether oxygens (including phenoxy) is 1. The number of carbonyl (C=O) groups excluding carboxylic acids is 2. The second-order valence-electron chi connectivity index (χ2n) is 3.04. The van der Waals surface area contributed by atoms with Gasteiger partial charge in [-0.05, 0) is 6.42 Å². The molecule has 90 valence electrons. The van der Waals surface area contributed by atoms with E-state index in [1.165, 1.54) is 23.8 Å². The number of nitrogens with zero attached hydrogens (tertiary/aromatic N) is 2. The van der Waals surface area contributed by atoms with Crippen LogP contribution in [0.3, 0.4) is 0 Å². The fourth-order valence-electron chi connectivity index (χ4n) is 1.06. The normalized spacial score (nSPS) is 9.31.